The van der Waals surface area contributed by atoms with E-state index in [4.69, 9.17) is 33.6 Å². The number of fused-ring (bicyclic) bond motifs is 3. The molecule has 25 heteroatoms. The number of rotatable bonds is 12. The summed E-state index contributed by atoms with van der Waals surface area (Å²) in [6.07, 6.45) is 0. The minimum absolute atomic E-state index is 0.0838. The van der Waals surface area contributed by atoms with Crippen LogP contribution >= 0.6 is 34.0 Å². The van der Waals surface area contributed by atoms with Crippen LogP contribution in [0.3, 0.4) is 0 Å². The van der Waals surface area contributed by atoms with Gasteiger partial charge in [0.1, 0.15) is 38.2 Å². The quantitative estimate of drug-likeness (QED) is 0.0561. The zero-order valence-electron chi connectivity index (χ0n) is 43.6. The highest BCUT2D eigenvalue weighted by Gasteiger charge is 2.21. The van der Waals surface area contributed by atoms with Crippen LogP contribution < -0.4 is 57.8 Å². The van der Waals surface area contributed by atoms with E-state index in [9.17, 15) is 38.4 Å². The zero-order chi connectivity index (χ0) is 57.5. The second-order valence-corrected chi connectivity index (χ2v) is 19.4. The third kappa shape index (κ3) is 15.4. The molecule has 0 spiro atoms. The lowest BCUT2D eigenvalue weighted by Gasteiger charge is -2.16. The van der Waals surface area contributed by atoms with Gasteiger partial charge in [0.05, 0.1) is 46.5 Å². The summed E-state index contributed by atoms with van der Waals surface area (Å²) in [6.45, 7) is 6.95. The first-order valence-electron chi connectivity index (χ1n) is 23.4. The largest absolute Gasteiger partial charge is 0.494 e. The first-order chi connectivity index (χ1) is 37.7. The zero-order valence-corrected chi connectivity index (χ0v) is 46.0. The maximum Gasteiger partial charge on any atom is 0.351 e. The number of anilines is 6. The number of methoxy groups -OCH3 is 2. The van der Waals surface area contributed by atoms with Gasteiger partial charge in [0.15, 0.2) is 16.7 Å². The summed E-state index contributed by atoms with van der Waals surface area (Å²) in [5.41, 5.74) is 6.42. The van der Waals surface area contributed by atoms with Crippen molar-refractivity contribution in [1.29, 1.82) is 0 Å². The molecule has 6 N–H and O–H groups in total. The fourth-order valence-corrected chi connectivity index (χ4v) is 9.62. The van der Waals surface area contributed by atoms with Crippen molar-refractivity contribution in [2.45, 2.75) is 20.8 Å². The predicted octanol–water partition coefficient (Wildman–Crippen LogP) is 10.6. The molecule has 0 aliphatic carbocycles. The molecule has 0 aliphatic rings. The number of aryl methyl sites for hydroxylation is 1. The summed E-state index contributed by atoms with van der Waals surface area (Å²) in [4.78, 5) is 96.6. The maximum atomic E-state index is 12.5. The summed E-state index contributed by atoms with van der Waals surface area (Å²) in [5, 5.41) is 19.4. The van der Waals surface area contributed by atoms with E-state index >= 15 is 0 Å². The van der Waals surface area contributed by atoms with Crippen LogP contribution in [-0.4, -0.2) is 83.7 Å². The Morgan fingerprint density at radius 3 is 1.47 bits per heavy atom. The highest BCUT2D eigenvalue weighted by Crippen LogP contribution is 2.34. The molecule has 6 aromatic heterocycles. The van der Waals surface area contributed by atoms with Gasteiger partial charge >= 0.3 is 46.8 Å². The number of carbonyl (C=O) groups excluding carboxylic acids is 4. The Bertz CT molecular complexity index is 3860. The lowest BCUT2D eigenvalue weighted by atomic mass is 10.2. The second-order valence-electron chi connectivity index (χ2n) is 16.2. The van der Waals surface area contributed by atoms with Gasteiger partial charge in [-0.1, -0.05) is 24.3 Å². The molecule has 3 aromatic carbocycles. The third-order valence-corrected chi connectivity index (χ3v) is 14.0. The standard InChI is InChI=1S/C18H16N2O6S.C18H16N2O5S.C10H9NO4S.C8H11NO/c1-3-25-11-6-4-5-10(7-11)19-18(24)20(2)15-9-13-14(27-15)8-12(16(21)22)17(23)26-13;1-10-5-4-6-11(7-10)19-18(23)20(2)15-9-13-14(26-15)8-12(16(21)24-3)17(22)25-13;1-11-8-4-6-7(16-8)3-5(9(12)14-2)10(13)15-6;1-2-10-8-5-3-4-7(9)6-8/h4-9H,3H2,1-2H3,(H,19,24)(H,21,22);4-9H,1-3H3,(H,19,23);3-4,11H,1-2H3;3-6H,2,9H2,1H3. The van der Waals surface area contributed by atoms with Crippen LogP contribution in [0.4, 0.5) is 41.7 Å². The van der Waals surface area contributed by atoms with Gasteiger partial charge in [0.25, 0.3) is 0 Å². The predicted molar refractivity (Wildman–Crippen MR) is 306 cm³/mol. The average molecular weight is 1140 g/mol. The van der Waals surface area contributed by atoms with Crippen LogP contribution in [0.2, 0.25) is 0 Å². The van der Waals surface area contributed by atoms with Crippen LogP contribution in [0.1, 0.15) is 50.5 Å². The molecule has 0 atom stereocenters. The number of esters is 2. The Labute approximate surface area is 461 Å². The van der Waals surface area contributed by atoms with Crippen molar-refractivity contribution in [3.8, 4) is 11.5 Å². The molecular formula is C54H52N6O16S3. The number of aromatic carboxylic acids is 1. The van der Waals surface area contributed by atoms with Gasteiger partial charge in [-0.15, -0.1) is 34.0 Å². The highest BCUT2D eigenvalue weighted by molar-refractivity contribution is 7.23. The van der Waals surface area contributed by atoms with E-state index < -0.39 is 46.4 Å². The summed E-state index contributed by atoms with van der Waals surface area (Å²) < 4.78 is 36.6. The van der Waals surface area contributed by atoms with Gasteiger partial charge in [-0.25, -0.2) is 38.4 Å². The van der Waals surface area contributed by atoms with Crippen molar-refractivity contribution in [2.24, 2.45) is 0 Å². The number of carbonyl (C=O) groups is 5. The molecule has 0 bridgehead atoms. The van der Waals surface area contributed by atoms with Crippen LogP contribution in [0, 0.1) is 6.92 Å². The Hall–Kier alpha value is -9.46. The lowest BCUT2D eigenvalue weighted by Crippen LogP contribution is -2.30. The number of nitrogen functional groups attached to an aromatic ring is 1. The van der Waals surface area contributed by atoms with Gasteiger partial charge < -0.3 is 59.0 Å². The number of carboxylic acid groups (broad SMARTS) is 1. The van der Waals surface area contributed by atoms with Crippen molar-refractivity contribution in [2.75, 3.05) is 80.1 Å². The van der Waals surface area contributed by atoms with Crippen molar-refractivity contribution in [3.05, 3.63) is 163 Å². The summed E-state index contributed by atoms with van der Waals surface area (Å²) in [5.74, 6) is -1.33. The monoisotopic (exact) mass is 1140 g/mol. The summed E-state index contributed by atoms with van der Waals surface area (Å²) >= 11 is 3.76. The molecule has 22 nitrogen and oxygen atoms in total. The van der Waals surface area contributed by atoms with Crippen molar-refractivity contribution in [1.82, 2.24) is 0 Å². The topological polar surface area (TPSA) is 302 Å². The molecule has 412 valence electrons. The van der Waals surface area contributed by atoms with Crippen molar-refractivity contribution in [3.63, 3.8) is 0 Å². The number of carboxylic acids is 1. The normalized spacial score (nSPS) is 10.4. The Morgan fingerprint density at radius 1 is 0.582 bits per heavy atom. The van der Waals surface area contributed by atoms with Crippen LogP contribution in [0.25, 0.3) is 30.8 Å². The van der Waals surface area contributed by atoms with Crippen LogP contribution in [0.15, 0.2) is 137 Å². The fraction of sp³-hybridized carbons (Fsp3) is 0.185. The van der Waals surface area contributed by atoms with Gasteiger partial charge in [0.2, 0.25) is 0 Å². The Balaban J connectivity index is 0.000000180. The second kappa shape index (κ2) is 27.0. The van der Waals surface area contributed by atoms with E-state index in [2.05, 4.69) is 25.4 Å². The van der Waals surface area contributed by atoms with E-state index in [1.54, 1.807) is 63.6 Å². The molecule has 79 heavy (non-hydrogen) atoms. The number of thiophene rings is 3. The molecule has 9 aromatic rings. The third-order valence-electron chi connectivity index (χ3n) is 10.6. The molecular weight excluding hydrogens is 1080 g/mol. The van der Waals surface area contributed by atoms with E-state index in [0.29, 0.717) is 60.9 Å². The number of hydrogen-bond donors (Lipinski definition) is 5. The van der Waals surface area contributed by atoms with E-state index in [1.807, 2.05) is 63.2 Å². The molecule has 0 saturated carbocycles. The summed E-state index contributed by atoms with van der Waals surface area (Å²) in [7, 11) is 7.34. The molecule has 0 radical (unpaired) electrons. The minimum atomic E-state index is -1.36. The average Bonchev–Trinajstić information content (AvgIpc) is 4.26. The summed E-state index contributed by atoms with van der Waals surface area (Å²) in [6, 6.07) is 30.1. The number of amides is 4. The number of nitrogens with two attached hydrogens (primary N) is 1. The lowest BCUT2D eigenvalue weighted by molar-refractivity contribution is 0.0587. The highest BCUT2D eigenvalue weighted by atomic mass is 32.1. The first-order valence-corrected chi connectivity index (χ1v) is 25.9. The molecule has 0 fully saturated rings. The first kappa shape index (κ1) is 58.8. The van der Waals surface area contributed by atoms with Crippen LogP contribution in [0.5, 0.6) is 11.5 Å². The molecule has 9 rings (SSSR count). The van der Waals surface area contributed by atoms with Gasteiger partial charge in [0, 0.05) is 68.5 Å². The van der Waals surface area contributed by atoms with Crippen molar-refractivity contribution >= 4 is 127 Å². The molecule has 6 heterocycles. The van der Waals surface area contributed by atoms with Gasteiger partial charge in [-0.2, -0.15) is 0 Å². The fourth-order valence-electron chi connectivity index (χ4n) is 6.76. The van der Waals surface area contributed by atoms with Gasteiger partial charge in [-0.05, 0) is 80.9 Å². The van der Waals surface area contributed by atoms with Crippen molar-refractivity contribution < 1.29 is 61.3 Å². The van der Waals surface area contributed by atoms with E-state index in [-0.39, 0.29) is 22.7 Å². The Kier molecular flexibility index (Phi) is 20.1. The molecule has 0 saturated heterocycles. The maximum absolute atomic E-state index is 12.5. The number of urea groups is 2. The smallest absolute Gasteiger partial charge is 0.351 e. The number of nitrogens with zero attached hydrogens (tertiary/aromatic N) is 2. The Morgan fingerprint density at radius 2 is 1.01 bits per heavy atom. The van der Waals surface area contributed by atoms with Gasteiger partial charge in [-0.3, -0.25) is 9.80 Å². The molecule has 0 aliphatic heterocycles. The number of ether oxygens (including phenoxy) is 4. The van der Waals surface area contributed by atoms with E-state index in [0.717, 1.165) is 38.0 Å². The minimum Gasteiger partial charge on any atom is -0.494 e. The molecule has 4 amide bonds. The number of benzene rings is 3. The van der Waals surface area contributed by atoms with E-state index in [1.165, 1.54) is 71.0 Å². The molecule has 0 unspecified atom stereocenters. The number of hydrogen-bond acceptors (Lipinski definition) is 20. The number of nitrogens with one attached hydrogen (secondary N) is 3. The van der Waals surface area contributed by atoms with Crippen LogP contribution in [-0.2, 0) is 9.47 Å². The SMILES string of the molecule is CCOc1cccc(N)c1.CCOc1cccc(NC(=O)N(C)c2cc3oc(=O)c(C(=O)O)cc3s2)c1.CNc1cc2oc(=O)c(C(=O)OC)cc2s1.COC(=O)c1cc2sc(N(C)C(=O)Nc3cccc(C)c3)cc2oc1=O.